The zero-order valence-corrected chi connectivity index (χ0v) is 53.8. The molecule has 4 aromatic carbocycles. The molecule has 0 radical (unpaired) electrons. The number of fused-ring (bicyclic) bond motifs is 11. The van der Waals surface area contributed by atoms with Gasteiger partial charge in [0.25, 0.3) is 0 Å². The third-order valence-corrected chi connectivity index (χ3v) is 24.8. The van der Waals surface area contributed by atoms with Crippen LogP contribution in [-0.4, -0.2) is 95.7 Å². The maximum absolute atomic E-state index is 17.0. The van der Waals surface area contributed by atoms with Crippen molar-refractivity contribution >= 4 is 29.0 Å². The lowest BCUT2D eigenvalue weighted by Gasteiger charge is -2.46. The van der Waals surface area contributed by atoms with Crippen molar-refractivity contribution in [3.63, 3.8) is 0 Å². The maximum atomic E-state index is 17.0. The number of ketones is 2. The van der Waals surface area contributed by atoms with Gasteiger partial charge in [0.15, 0.2) is 17.3 Å². The number of aliphatic hydroxyl groups is 4. The number of carbonyl (C=O) groups is 2. The summed E-state index contributed by atoms with van der Waals surface area (Å²) in [4.78, 5) is 40.1. The zero-order valence-electron chi connectivity index (χ0n) is 53.8. The molecule has 4 saturated carbocycles. The first kappa shape index (κ1) is 61.3. The number of hydrogen-bond acceptors (Lipinski definition) is 11. The summed E-state index contributed by atoms with van der Waals surface area (Å²) in [6.07, 6.45) is 20.4. The number of anilines is 1. The van der Waals surface area contributed by atoms with Gasteiger partial charge in [-0.1, -0.05) is 91.1 Å². The smallest absolute Gasteiger partial charge is 0.163 e. The van der Waals surface area contributed by atoms with Crippen LogP contribution in [0.2, 0.25) is 0 Å². The summed E-state index contributed by atoms with van der Waals surface area (Å²) in [5, 5.41) is 84.7. The van der Waals surface area contributed by atoms with Crippen LogP contribution < -0.4 is 15.4 Å². The number of benzene rings is 4. The molecule has 0 saturated heterocycles. The van der Waals surface area contributed by atoms with E-state index in [9.17, 15) is 30.6 Å². The van der Waals surface area contributed by atoms with E-state index in [-0.39, 0.29) is 95.8 Å². The summed E-state index contributed by atoms with van der Waals surface area (Å²) in [6.45, 7) is 0.536. The van der Waals surface area contributed by atoms with Crippen LogP contribution in [0.4, 0.5) is 5.82 Å². The molecule has 13 nitrogen and oxygen atoms in total. The molecule has 10 N–H and O–H groups in total. The fraction of sp³-hybridized carbons (Fsp3) is 0.481. The van der Waals surface area contributed by atoms with Gasteiger partial charge in [-0.3, -0.25) is 9.59 Å². The summed E-state index contributed by atoms with van der Waals surface area (Å²) in [5.41, 5.74) is 9.14. The minimum Gasteiger partial charge on any atom is -0.507 e. The SMILES string of the molecule is O=C1CCc2cc(OC3CCCC3)c(O)c(c2)[C@@H](O)c2cc3c4cc2-c2ccccc2CCCNC[C@H]2C#C[C@@H](Nc5[nH]ccc5C3)C3=C(CC#C[C@@H]5[C@]6(CCC7(CCCC7)C6)CC[C@@]45[C@@H]2O)c2[nH]ccc2[C@H](C[C@]2(O)C=Cc4c(O)cccc4CC2)[C@@H]3C(=O)[C@@H]1CCO. The fourth-order valence-electron chi connectivity index (χ4n) is 20.2. The molecule has 0 amide bonds. The van der Waals surface area contributed by atoms with E-state index < -0.39 is 59.5 Å². The molecule has 7 aliphatic carbocycles. The number of Topliss-reactive ketones (excluding diaryl/α,β-unsaturated/α-hetero) is 2. The number of H-pyrrole nitrogens is 2. The molecule has 16 rings (SSSR count). The lowest BCUT2D eigenvalue weighted by atomic mass is 9.58. The lowest BCUT2D eigenvalue weighted by Crippen LogP contribution is -2.51. The van der Waals surface area contributed by atoms with Crippen molar-refractivity contribution < 1.29 is 45.0 Å². The number of carbonyl (C=O) groups excluding carboxylic acids is 2. The number of phenolic OH excluding ortho intramolecular Hbond substituents is 2. The second-order valence-corrected chi connectivity index (χ2v) is 30.0. The van der Waals surface area contributed by atoms with Crippen molar-refractivity contribution in [3.8, 4) is 52.1 Å². The van der Waals surface area contributed by atoms with Gasteiger partial charge in [0.2, 0.25) is 0 Å². The van der Waals surface area contributed by atoms with Gasteiger partial charge in [-0.05, 0) is 236 Å². The Morgan fingerprint density at radius 1 is 0.723 bits per heavy atom. The Labute approximate surface area is 551 Å². The maximum Gasteiger partial charge on any atom is 0.163 e. The highest BCUT2D eigenvalue weighted by molar-refractivity contribution is 6.06. The standard InChI is InChI=1S/C81H88N4O9/c86-39-27-58-67(88)22-19-48-40-62(74(90)68(41-48)94-54-13-2-3-14-54)73(89)61-43-53-42-51-25-37-84-77(51)85-65-21-20-52-46-82-36-9-12-49-10-1-4-15-55(49)60(61)44-64(53)81(76(52)92)35-34-79(33-32-78(47-79)28-5-6-29-78)69(81)18-8-16-59-70(65)71(75(58)91)63(57-26-38-83-72(57)59)45-80(93)30-23-50-11-7-17-66(87)56(50)24-31-80/h1,4,7,10-11,15,17,24-26,31,37-38,40-41,43-44,52,54,58,63,65,69,71,73,76,82-87,89-90,92-93H,2-3,5-6,9,12-14,16,19,22-23,27-30,32-36,39,42,45-47H2/t52-,58-,63+,65-,69-,71+,73+,76-,79-,80-,81-/m1/s1. The predicted octanol–water partition coefficient (Wildman–Crippen LogP) is 12.5. The molecule has 3 aliphatic heterocycles. The summed E-state index contributed by atoms with van der Waals surface area (Å²) < 4.78 is 6.77. The second-order valence-electron chi connectivity index (χ2n) is 30.0. The van der Waals surface area contributed by atoms with Gasteiger partial charge in [-0.25, -0.2) is 0 Å². The van der Waals surface area contributed by atoms with Crippen LogP contribution >= 0.6 is 0 Å². The van der Waals surface area contributed by atoms with E-state index in [0.717, 1.165) is 120 Å². The molecule has 94 heavy (non-hydrogen) atoms. The molecule has 3 spiro atoms. The number of ether oxygens (including phenoxy) is 1. The van der Waals surface area contributed by atoms with Gasteiger partial charge in [-0.15, -0.1) is 0 Å². The van der Waals surface area contributed by atoms with Crippen molar-refractivity contribution in [2.24, 2.45) is 34.5 Å². The molecule has 9 bridgehead atoms. The number of rotatable bonds is 6. The molecule has 2 aromatic heterocycles. The highest BCUT2D eigenvalue weighted by Crippen LogP contribution is 2.70. The molecule has 4 fully saturated rings. The van der Waals surface area contributed by atoms with E-state index in [4.69, 9.17) is 4.74 Å². The van der Waals surface area contributed by atoms with E-state index in [0.29, 0.717) is 60.4 Å². The zero-order chi connectivity index (χ0) is 64.1. The monoisotopic (exact) mass is 1260 g/mol. The number of hydrogen-bond donors (Lipinski definition) is 10. The first-order valence-corrected chi connectivity index (χ1v) is 35.3. The molecule has 11 atom stereocenters. The highest BCUT2D eigenvalue weighted by atomic mass is 16.5. The van der Waals surface area contributed by atoms with Gasteiger partial charge in [-0.2, -0.15) is 0 Å². The average molecular weight is 1260 g/mol. The second kappa shape index (κ2) is 24.2. The van der Waals surface area contributed by atoms with Crippen LogP contribution in [0.15, 0.2) is 103 Å². The lowest BCUT2D eigenvalue weighted by molar-refractivity contribution is -0.136. The minimum atomic E-state index is -1.51. The summed E-state index contributed by atoms with van der Waals surface area (Å²) in [5.74, 6) is 11.7. The van der Waals surface area contributed by atoms with Crippen molar-refractivity contribution in [2.75, 3.05) is 25.0 Å². The van der Waals surface area contributed by atoms with Crippen LogP contribution in [0.25, 0.3) is 22.8 Å². The van der Waals surface area contributed by atoms with Crippen LogP contribution in [0.5, 0.6) is 17.2 Å². The normalized spacial score (nSPS) is 30.8. The molecular weight excluding hydrogens is 1170 g/mol. The van der Waals surface area contributed by atoms with Crippen molar-refractivity contribution in [3.05, 3.63) is 164 Å². The van der Waals surface area contributed by atoms with E-state index in [1.165, 1.54) is 25.7 Å². The molecule has 10 aliphatic rings. The van der Waals surface area contributed by atoms with Crippen molar-refractivity contribution in [2.45, 2.75) is 189 Å². The molecule has 6 aromatic rings. The van der Waals surface area contributed by atoms with Crippen LogP contribution in [-0.2, 0) is 40.7 Å². The Morgan fingerprint density at radius 3 is 2.41 bits per heavy atom. The minimum absolute atomic E-state index is 0.0589. The number of phenols is 2. The van der Waals surface area contributed by atoms with E-state index >= 15 is 9.59 Å². The Kier molecular flexibility index (Phi) is 15.8. The third kappa shape index (κ3) is 10.4. The van der Waals surface area contributed by atoms with E-state index in [1.54, 1.807) is 24.3 Å². The highest BCUT2D eigenvalue weighted by Gasteiger charge is 2.65. The fourth-order valence-corrected chi connectivity index (χ4v) is 20.2. The van der Waals surface area contributed by atoms with Crippen molar-refractivity contribution in [1.29, 1.82) is 0 Å². The number of aliphatic hydroxyl groups excluding tert-OH is 3. The van der Waals surface area contributed by atoms with Gasteiger partial charge in [0, 0.05) is 78.9 Å². The summed E-state index contributed by atoms with van der Waals surface area (Å²) in [7, 11) is 0. The largest absolute Gasteiger partial charge is 0.507 e. The van der Waals surface area contributed by atoms with Gasteiger partial charge < -0.3 is 56.0 Å². The predicted molar refractivity (Wildman–Crippen MR) is 363 cm³/mol. The number of nitrogens with one attached hydrogen (secondary N) is 4. The molecule has 13 heteroatoms. The number of aromatic nitrogens is 2. The summed E-state index contributed by atoms with van der Waals surface area (Å²) >= 11 is 0. The molecule has 5 heterocycles. The van der Waals surface area contributed by atoms with E-state index in [1.807, 2.05) is 36.7 Å². The van der Waals surface area contributed by atoms with Gasteiger partial charge in [0.1, 0.15) is 29.5 Å². The first-order chi connectivity index (χ1) is 45.7. The van der Waals surface area contributed by atoms with Crippen LogP contribution in [0.1, 0.15) is 195 Å². The topological polar surface area (TPSA) is 220 Å². The Bertz CT molecular complexity index is 4190. The van der Waals surface area contributed by atoms with Crippen molar-refractivity contribution in [1.82, 2.24) is 15.3 Å². The van der Waals surface area contributed by atoms with Gasteiger partial charge in [0.05, 0.1) is 35.6 Å². The summed E-state index contributed by atoms with van der Waals surface area (Å²) in [6, 6.07) is 25.2. The quantitative estimate of drug-likeness (QED) is 0.0558. The number of aromatic amines is 2. The van der Waals surface area contributed by atoms with Gasteiger partial charge >= 0.3 is 0 Å². The first-order valence-electron chi connectivity index (χ1n) is 35.3. The molecule has 0 unspecified atom stereocenters. The van der Waals surface area contributed by atoms with E-state index in [2.05, 4.69) is 86.7 Å². The number of aryl methyl sites for hydroxylation is 3. The average Bonchev–Trinajstić information content (AvgIpc) is 1.50. The van der Waals surface area contributed by atoms with Crippen LogP contribution in [0.3, 0.4) is 0 Å². The number of aromatic hydroxyl groups is 2. The molecule has 486 valence electrons. The Morgan fingerprint density at radius 2 is 1.55 bits per heavy atom. The Balaban J connectivity index is 1.01. The molecular formula is C81H88N4O9. The van der Waals surface area contributed by atoms with Crippen LogP contribution in [0, 0.1) is 58.2 Å². The third-order valence-electron chi connectivity index (χ3n) is 24.8. The number of allylic oxidation sites excluding steroid dienone is 1. The Hall–Kier alpha value is -7.62.